The van der Waals surface area contributed by atoms with Gasteiger partial charge in [0.15, 0.2) is 5.78 Å². The molecule has 1 amide bonds. The minimum Gasteiger partial charge on any atom is -0.507 e. The second kappa shape index (κ2) is 13.2. The summed E-state index contributed by atoms with van der Waals surface area (Å²) in [4.78, 5) is 64.6. The number of ether oxygens (including phenoxy) is 3. The lowest BCUT2D eigenvalue weighted by molar-refractivity contribution is -0.149. The molecular formula is C33H37NO9. The van der Waals surface area contributed by atoms with Gasteiger partial charge in [-0.15, -0.1) is 0 Å². The summed E-state index contributed by atoms with van der Waals surface area (Å²) in [6.07, 6.45) is 11.3. The zero-order valence-electron chi connectivity index (χ0n) is 25.0. The molecule has 10 nitrogen and oxygen atoms in total. The van der Waals surface area contributed by atoms with Crippen LogP contribution in [0.4, 0.5) is 0 Å². The van der Waals surface area contributed by atoms with Crippen molar-refractivity contribution in [3.8, 4) is 11.5 Å². The Kier molecular flexibility index (Phi) is 9.68. The van der Waals surface area contributed by atoms with Crippen LogP contribution >= 0.6 is 0 Å². The molecule has 3 heterocycles. The Balaban J connectivity index is 1.68. The number of rotatable bonds is 1. The number of carbonyl (C=O) groups excluding carboxylic acids is 5. The van der Waals surface area contributed by atoms with Gasteiger partial charge >= 0.3 is 12.3 Å². The molecule has 5 bridgehead atoms. The second-order valence-corrected chi connectivity index (χ2v) is 11.3. The fraction of sp³-hybridized carbons (Fsp3) is 0.424. The summed E-state index contributed by atoms with van der Waals surface area (Å²) < 4.78 is 16.8. The number of esters is 1. The van der Waals surface area contributed by atoms with Crippen LogP contribution in [0.15, 0.2) is 47.9 Å². The van der Waals surface area contributed by atoms with E-state index in [1.807, 2.05) is 13.0 Å². The van der Waals surface area contributed by atoms with Crippen LogP contribution in [0.2, 0.25) is 0 Å². The zero-order chi connectivity index (χ0) is 31.4. The third-order valence-corrected chi connectivity index (χ3v) is 7.92. The summed E-state index contributed by atoms with van der Waals surface area (Å²) >= 11 is 0. The average Bonchev–Trinajstić information content (AvgIpc) is 3.27. The number of hydrogen-bond acceptors (Lipinski definition) is 9. The predicted molar refractivity (Wildman–Crippen MR) is 157 cm³/mol. The lowest BCUT2D eigenvalue weighted by atomic mass is 9.85. The highest BCUT2D eigenvalue weighted by Crippen LogP contribution is 2.45. The topological polar surface area (TPSA) is 145 Å². The number of Topliss-reactive ketones (excluding diaryl/α,β-unsaturated/α-hetero) is 2. The van der Waals surface area contributed by atoms with Crippen LogP contribution in [0, 0.1) is 18.8 Å². The Hall–Kier alpha value is -4.47. The summed E-state index contributed by atoms with van der Waals surface area (Å²) in [5.74, 6) is -3.37. The van der Waals surface area contributed by atoms with Gasteiger partial charge in [0.05, 0.1) is 28.6 Å². The van der Waals surface area contributed by atoms with Crippen molar-refractivity contribution in [2.75, 3.05) is 0 Å². The minimum absolute atomic E-state index is 0.0456. The molecule has 1 aromatic rings. The fourth-order valence-electron chi connectivity index (χ4n) is 5.41. The number of allylic oxidation sites excluding steroid dienone is 6. The summed E-state index contributed by atoms with van der Waals surface area (Å²) in [6, 6.07) is 0. The third-order valence-electron chi connectivity index (χ3n) is 7.92. The first kappa shape index (κ1) is 31.5. The largest absolute Gasteiger partial charge is 0.507 e. The maximum atomic E-state index is 13.4. The van der Waals surface area contributed by atoms with Gasteiger partial charge in [-0.1, -0.05) is 38.5 Å². The van der Waals surface area contributed by atoms with Gasteiger partial charge < -0.3 is 24.6 Å². The van der Waals surface area contributed by atoms with E-state index in [0.717, 1.165) is 25.3 Å². The molecule has 4 atom stereocenters. The Morgan fingerprint density at radius 2 is 1.79 bits per heavy atom. The lowest BCUT2D eigenvalue weighted by Gasteiger charge is -2.23. The second-order valence-electron chi connectivity index (χ2n) is 11.3. The molecule has 0 unspecified atom stereocenters. The van der Waals surface area contributed by atoms with Crippen LogP contribution in [0.1, 0.15) is 96.4 Å². The summed E-state index contributed by atoms with van der Waals surface area (Å²) in [6.45, 7) is 8.54. The quantitative estimate of drug-likeness (QED) is 0.422. The molecule has 5 rings (SSSR count). The number of phenolic OH excluding ortho intramolecular Hbond substituents is 1. The van der Waals surface area contributed by atoms with Gasteiger partial charge in [-0.2, -0.15) is 0 Å². The summed E-state index contributed by atoms with van der Waals surface area (Å²) in [5.41, 5.74) is -0.739. The number of carbonyl (C=O) groups is 5. The SMILES string of the molecule is CC(=O)O[C@@H]1CC/C=C/O[C@H]2Oc3c(C)c(O)c4c(c3C2=O)C(=O)C=C(NC(=O)/C(C)=C\C=C\[C@H](C)CCC[C@H]1C)C4=O. The van der Waals surface area contributed by atoms with E-state index in [9.17, 15) is 29.1 Å². The van der Waals surface area contributed by atoms with Crippen LogP contribution in [0.25, 0.3) is 0 Å². The van der Waals surface area contributed by atoms with E-state index in [1.165, 1.54) is 20.1 Å². The van der Waals surface area contributed by atoms with Crippen molar-refractivity contribution in [2.24, 2.45) is 11.8 Å². The Labute approximate surface area is 250 Å². The molecule has 1 aromatic carbocycles. The summed E-state index contributed by atoms with van der Waals surface area (Å²) in [5, 5.41) is 13.4. The molecule has 0 aromatic heterocycles. The van der Waals surface area contributed by atoms with E-state index in [-0.39, 0.29) is 57.6 Å². The molecule has 0 saturated heterocycles. The highest BCUT2D eigenvalue weighted by molar-refractivity contribution is 6.30. The molecule has 10 heteroatoms. The molecule has 228 valence electrons. The predicted octanol–water partition coefficient (Wildman–Crippen LogP) is 5.18. The van der Waals surface area contributed by atoms with Crippen LogP contribution in [-0.4, -0.2) is 46.7 Å². The van der Waals surface area contributed by atoms with E-state index in [1.54, 1.807) is 25.2 Å². The maximum Gasteiger partial charge on any atom is 0.304 e. The van der Waals surface area contributed by atoms with Crippen molar-refractivity contribution >= 4 is 29.2 Å². The van der Waals surface area contributed by atoms with E-state index < -0.39 is 35.3 Å². The highest BCUT2D eigenvalue weighted by Gasteiger charge is 2.44. The first-order valence-corrected chi connectivity index (χ1v) is 14.5. The van der Waals surface area contributed by atoms with Crippen molar-refractivity contribution in [1.82, 2.24) is 5.32 Å². The van der Waals surface area contributed by atoms with Gasteiger partial charge in [0, 0.05) is 24.1 Å². The fourth-order valence-corrected chi connectivity index (χ4v) is 5.41. The molecule has 2 N–H and O–H groups in total. The molecule has 1 aliphatic carbocycles. The zero-order valence-corrected chi connectivity index (χ0v) is 25.0. The van der Waals surface area contributed by atoms with Crippen LogP contribution < -0.4 is 10.1 Å². The van der Waals surface area contributed by atoms with Crippen LogP contribution in [0.5, 0.6) is 11.5 Å². The normalized spacial score (nSPS) is 27.7. The highest BCUT2D eigenvalue weighted by atomic mass is 16.7. The van der Waals surface area contributed by atoms with Gasteiger partial charge in [0.25, 0.3) is 5.91 Å². The van der Waals surface area contributed by atoms with Crippen molar-refractivity contribution in [3.63, 3.8) is 0 Å². The number of fused-ring (bicyclic) bond motifs is 14. The van der Waals surface area contributed by atoms with Gasteiger partial charge in [0.2, 0.25) is 11.6 Å². The molecule has 3 aliphatic heterocycles. The molecule has 0 spiro atoms. The monoisotopic (exact) mass is 591 g/mol. The molecule has 0 saturated carbocycles. The van der Waals surface area contributed by atoms with E-state index in [4.69, 9.17) is 14.2 Å². The number of hydrogen-bond donors (Lipinski definition) is 2. The van der Waals surface area contributed by atoms with E-state index in [2.05, 4.69) is 12.2 Å². The van der Waals surface area contributed by atoms with Crippen molar-refractivity contribution in [3.05, 3.63) is 70.2 Å². The van der Waals surface area contributed by atoms with Crippen LogP contribution in [-0.2, 0) is 19.1 Å². The van der Waals surface area contributed by atoms with Crippen LogP contribution in [0.3, 0.4) is 0 Å². The van der Waals surface area contributed by atoms with Gasteiger partial charge in [0.1, 0.15) is 17.6 Å². The molecule has 0 radical (unpaired) electrons. The Morgan fingerprint density at radius 3 is 2.51 bits per heavy atom. The van der Waals surface area contributed by atoms with Gasteiger partial charge in [-0.25, -0.2) is 0 Å². The summed E-state index contributed by atoms with van der Waals surface area (Å²) in [7, 11) is 0. The third kappa shape index (κ3) is 6.79. The maximum absolute atomic E-state index is 13.4. The smallest absolute Gasteiger partial charge is 0.304 e. The van der Waals surface area contributed by atoms with E-state index in [0.29, 0.717) is 18.4 Å². The van der Waals surface area contributed by atoms with Gasteiger partial charge in [-0.05, 0) is 57.4 Å². The lowest BCUT2D eigenvalue weighted by Crippen LogP contribution is -2.32. The van der Waals surface area contributed by atoms with Gasteiger partial charge in [-0.3, -0.25) is 24.0 Å². The average molecular weight is 592 g/mol. The van der Waals surface area contributed by atoms with Crippen molar-refractivity contribution < 1.29 is 43.3 Å². The minimum atomic E-state index is -1.43. The number of phenols is 1. The number of ketones is 3. The number of aromatic hydroxyl groups is 1. The standard InChI is InChI=1S/C33H37NO9/c1-17-10-8-12-18(2)24(42-21(5)35)14-6-7-15-41-33-30(39)27-25-23(36)16-22(34-32(40)19(3)13-9-11-17)29(38)26(25)28(37)20(4)31(27)43-33/h7,9,11,13,15-18,24,33,37H,6,8,10,12,14H2,1-5H3,(H,34,40)/b11-9+,15-7+,19-13-/t17-,18-,24-,33+/m1/s1. The first-order chi connectivity index (χ1) is 20.4. The number of nitrogens with one attached hydrogen (secondary N) is 1. The Bertz CT molecular complexity index is 1480. The molecule has 4 aliphatic rings. The van der Waals surface area contributed by atoms with E-state index >= 15 is 0 Å². The first-order valence-electron chi connectivity index (χ1n) is 14.5. The van der Waals surface area contributed by atoms with Crippen molar-refractivity contribution in [1.29, 1.82) is 0 Å². The molecular weight excluding hydrogens is 554 g/mol. The molecule has 43 heavy (non-hydrogen) atoms. The Morgan fingerprint density at radius 1 is 1.05 bits per heavy atom. The number of amides is 1. The molecule has 0 fully saturated rings. The van der Waals surface area contributed by atoms with Crippen molar-refractivity contribution in [2.45, 2.75) is 79.1 Å². The number of benzene rings is 1.